The molecule has 1 aromatic carbocycles. The quantitative estimate of drug-likeness (QED) is 0.438. The van der Waals surface area contributed by atoms with Gasteiger partial charge in [-0.2, -0.15) is 0 Å². The lowest BCUT2D eigenvalue weighted by molar-refractivity contribution is -0.157. The lowest BCUT2D eigenvalue weighted by Gasteiger charge is -2.26. The second kappa shape index (κ2) is 11.5. The van der Waals surface area contributed by atoms with E-state index >= 15 is 0 Å². The number of carbonyl (C=O) groups is 4. The Morgan fingerprint density at radius 1 is 0.906 bits per heavy atom. The summed E-state index contributed by atoms with van der Waals surface area (Å²) < 4.78 is 10.7. The molecule has 0 aliphatic rings. The number of carbonyl (C=O) groups excluding carboxylic acids is 4. The molecule has 0 unspecified atom stereocenters. The molecule has 0 aromatic heterocycles. The van der Waals surface area contributed by atoms with Crippen LogP contribution in [0.1, 0.15) is 47.1 Å². The molecule has 0 bridgehead atoms. The number of ether oxygens (including phenoxy) is 2. The normalized spacial score (nSPS) is 12.3. The molecule has 178 valence electrons. The summed E-state index contributed by atoms with van der Waals surface area (Å²) in [4.78, 5) is 47.8. The third-order valence-corrected chi connectivity index (χ3v) is 3.69. The standard InChI is InChI=1S/C22H34N4O6/c1-21(2,3)31-19(29)16(26-20(30)32-22(4,5)6)11-14-7-9-15(10-8-14)25-18(28)13-24-17(27)12-23/h7-10,16H,11-13,23H2,1-6H3,(H,24,27)(H,25,28)(H,26,30)/t16-/m0/s1. The number of esters is 1. The fourth-order valence-electron chi connectivity index (χ4n) is 2.43. The van der Waals surface area contributed by atoms with E-state index in [9.17, 15) is 19.2 Å². The number of benzene rings is 1. The first kappa shape index (κ1) is 26.9. The first-order valence-electron chi connectivity index (χ1n) is 10.3. The molecule has 0 spiro atoms. The average Bonchev–Trinajstić information content (AvgIpc) is 2.64. The van der Waals surface area contributed by atoms with E-state index in [1.165, 1.54) is 0 Å². The minimum Gasteiger partial charge on any atom is -0.458 e. The molecule has 0 fully saturated rings. The number of nitrogens with one attached hydrogen (secondary N) is 3. The Bertz CT molecular complexity index is 809. The summed E-state index contributed by atoms with van der Waals surface area (Å²) in [6, 6.07) is 5.76. The Labute approximate surface area is 188 Å². The number of hydrogen-bond acceptors (Lipinski definition) is 7. The van der Waals surface area contributed by atoms with Crippen molar-refractivity contribution in [3.63, 3.8) is 0 Å². The number of alkyl carbamates (subject to hydrolysis) is 1. The zero-order valence-electron chi connectivity index (χ0n) is 19.5. The molecule has 0 saturated carbocycles. The molecule has 1 atom stereocenters. The number of anilines is 1. The molecule has 10 heteroatoms. The van der Waals surface area contributed by atoms with Crippen LogP contribution in [-0.2, 0) is 30.3 Å². The lowest BCUT2D eigenvalue weighted by Crippen LogP contribution is -2.47. The second-order valence-electron chi connectivity index (χ2n) is 9.16. The number of rotatable bonds is 8. The van der Waals surface area contributed by atoms with Crippen molar-refractivity contribution in [3.8, 4) is 0 Å². The van der Waals surface area contributed by atoms with Gasteiger partial charge in [0, 0.05) is 12.1 Å². The fourth-order valence-corrected chi connectivity index (χ4v) is 2.43. The summed E-state index contributed by atoms with van der Waals surface area (Å²) in [5.41, 5.74) is 4.97. The summed E-state index contributed by atoms with van der Waals surface area (Å²) >= 11 is 0. The topological polar surface area (TPSA) is 149 Å². The van der Waals surface area contributed by atoms with Crippen LogP contribution in [-0.4, -0.2) is 54.2 Å². The van der Waals surface area contributed by atoms with Crippen LogP contribution in [0, 0.1) is 0 Å². The third kappa shape index (κ3) is 11.3. The maximum absolute atomic E-state index is 12.6. The van der Waals surface area contributed by atoms with Crippen molar-refractivity contribution >= 4 is 29.6 Å². The van der Waals surface area contributed by atoms with Gasteiger partial charge in [0.15, 0.2) is 0 Å². The van der Waals surface area contributed by atoms with Gasteiger partial charge in [-0.25, -0.2) is 9.59 Å². The van der Waals surface area contributed by atoms with Crippen LogP contribution in [0.4, 0.5) is 10.5 Å². The molecule has 1 rings (SSSR count). The molecule has 0 heterocycles. The highest BCUT2D eigenvalue weighted by molar-refractivity contribution is 5.94. The van der Waals surface area contributed by atoms with Crippen LogP contribution in [0.5, 0.6) is 0 Å². The van der Waals surface area contributed by atoms with Crippen molar-refractivity contribution in [2.75, 3.05) is 18.4 Å². The minimum absolute atomic E-state index is 0.162. The molecule has 10 nitrogen and oxygen atoms in total. The van der Waals surface area contributed by atoms with Crippen molar-refractivity contribution in [2.24, 2.45) is 5.73 Å². The van der Waals surface area contributed by atoms with E-state index in [-0.39, 0.29) is 19.5 Å². The van der Waals surface area contributed by atoms with E-state index in [4.69, 9.17) is 15.2 Å². The first-order chi connectivity index (χ1) is 14.7. The maximum atomic E-state index is 12.6. The minimum atomic E-state index is -0.962. The van der Waals surface area contributed by atoms with Crippen molar-refractivity contribution < 1.29 is 28.7 Å². The van der Waals surface area contributed by atoms with Crippen LogP contribution in [0.15, 0.2) is 24.3 Å². The molecule has 0 radical (unpaired) electrons. The Hall–Kier alpha value is -3.14. The molecular weight excluding hydrogens is 416 g/mol. The van der Waals surface area contributed by atoms with Gasteiger partial charge < -0.3 is 31.2 Å². The number of nitrogens with two attached hydrogens (primary N) is 1. The summed E-state index contributed by atoms with van der Waals surface area (Å²) in [5, 5.41) is 7.58. The van der Waals surface area contributed by atoms with Gasteiger partial charge in [0.05, 0.1) is 13.1 Å². The maximum Gasteiger partial charge on any atom is 0.408 e. The van der Waals surface area contributed by atoms with Crippen LogP contribution >= 0.6 is 0 Å². The molecular formula is C22H34N4O6. The second-order valence-corrected chi connectivity index (χ2v) is 9.16. The monoisotopic (exact) mass is 450 g/mol. The van der Waals surface area contributed by atoms with Gasteiger partial charge >= 0.3 is 12.1 Å². The van der Waals surface area contributed by atoms with Gasteiger partial charge in [0.1, 0.15) is 17.2 Å². The van der Waals surface area contributed by atoms with Crippen molar-refractivity contribution in [1.29, 1.82) is 0 Å². The van der Waals surface area contributed by atoms with Crippen LogP contribution in [0.25, 0.3) is 0 Å². The highest BCUT2D eigenvalue weighted by Gasteiger charge is 2.29. The van der Waals surface area contributed by atoms with Crippen molar-refractivity contribution in [1.82, 2.24) is 10.6 Å². The Kier molecular flexibility index (Phi) is 9.64. The predicted octanol–water partition coefficient (Wildman–Crippen LogP) is 1.48. The van der Waals surface area contributed by atoms with Crippen molar-refractivity contribution in [2.45, 2.75) is 65.2 Å². The van der Waals surface area contributed by atoms with E-state index in [0.717, 1.165) is 5.56 Å². The summed E-state index contributed by atoms with van der Waals surface area (Å²) in [5.74, 6) is -1.42. The van der Waals surface area contributed by atoms with Gasteiger partial charge in [0.2, 0.25) is 11.8 Å². The van der Waals surface area contributed by atoms with Gasteiger partial charge in [-0.15, -0.1) is 0 Å². The molecule has 32 heavy (non-hydrogen) atoms. The highest BCUT2D eigenvalue weighted by atomic mass is 16.6. The van der Waals surface area contributed by atoms with Crippen LogP contribution in [0.3, 0.4) is 0 Å². The lowest BCUT2D eigenvalue weighted by atomic mass is 10.0. The van der Waals surface area contributed by atoms with E-state index in [0.29, 0.717) is 5.69 Å². The molecule has 5 N–H and O–H groups in total. The molecule has 0 aliphatic carbocycles. The van der Waals surface area contributed by atoms with E-state index in [2.05, 4.69) is 16.0 Å². The van der Waals surface area contributed by atoms with Gasteiger partial charge in [0.25, 0.3) is 0 Å². The largest absolute Gasteiger partial charge is 0.458 e. The number of hydrogen-bond donors (Lipinski definition) is 4. The summed E-state index contributed by atoms with van der Waals surface area (Å²) in [6.07, 6.45) is -0.564. The van der Waals surface area contributed by atoms with Gasteiger partial charge in [-0.05, 0) is 59.2 Å². The highest BCUT2D eigenvalue weighted by Crippen LogP contribution is 2.15. The smallest absolute Gasteiger partial charge is 0.408 e. The SMILES string of the molecule is CC(C)(C)OC(=O)N[C@@H](Cc1ccc(NC(=O)CNC(=O)CN)cc1)C(=O)OC(C)(C)C. The van der Waals surface area contributed by atoms with E-state index < -0.39 is 41.1 Å². The Balaban J connectivity index is 2.83. The van der Waals surface area contributed by atoms with Gasteiger partial charge in [-0.1, -0.05) is 12.1 Å². The Morgan fingerprint density at radius 2 is 1.47 bits per heavy atom. The fraction of sp³-hybridized carbons (Fsp3) is 0.545. The predicted molar refractivity (Wildman–Crippen MR) is 120 cm³/mol. The van der Waals surface area contributed by atoms with E-state index in [1.54, 1.807) is 65.8 Å². The Morgan fingerprint density at radius 3 is 1.97 bits per heavy atom. The summed E-state index contributed by atoms with van der Waals surface area (Å²) in [7, 11) is 0. The zero-order valence-corrected chi connectivity index (χ0v) is 19.5. The molecule has 1 aromatic rings. The zero-order chi connectivity index (χ0) is 24.5. The molecule has 0 saturated heterocycles. The van der Waals surface area contributed by atoms with Crippen LogP contribution in [0.2, 0.25) is 0 Å². The van der Waals surface area contributed by atoms with Gasteiger partial charge in [-0.3, -0.25) is 9.59 Å². The molecule has 3 amide bonds. The number of amides is 3. The average molecular weight is 451 g/mol. The third-order valence-electron chi connectivity index (χ3n) is 3.69. The van der Waals surface area contributed by atoms with Crippen molar-refractivity contribution in [3.05, 3.63) is 29.8 Å². The molecule has 0 aliphatic heterocycles. The van der Waals surface area contributed by atoms with E-state index in [1.807, 2.05) is 0 Å². The van der Waals surface area contributed by atoms with Crippen LogP contribution < -0.4 is 21.7 Å². The summed E-state index contributed by atoms with van der Waals surface area (Å²) in [6.45, 7) is 10.0. The first-order valence-corrected chi connectivity index (χ1v) is 10.3.